The lowest BCUT2D eigenvalue weighted by molar-refractivity contribution is 1.29. The van der Waals surface area contributed by atoms with Crippen molar-refractivity contribution in [3.63, 3.8) is 0 Å². The molecule has 0 saturated carbocycles. The topological polar surface area (TPSA) is 3.24 Å². The Hall–Kier alpha value is -5.79. The van der Waals surface area contributed by atoms with Crippen LogP contribution in [0.5, 0.6) is 0 Å². The van der Waals surface area contributed by atoms with E-state index in [1.165, 1.54) is 90.6 Å². The van der Waals surface area contributed by atoms with E-state index in [-0.39, 0.29) is 0 Å². The second kappa shape index (κ2) is 11.9. The van der Waals surface area contributed by atoms with Gasteiger partial charge in [-0.05, 0) is 95.8 Å². The summed E-state index contributed by atoms with van der Waals surface area (Å²) in [5.74, 6) is 0. The maximum Gasteiger partial charge on any atom is 0.181 e. The SMILES string of the molecule is C[Si]1(C)c2ccccc2-c2ccc(N(c3ccccc3)c3ccc4c(c3)[Si](c3ccccc3)(c3ccccc3)c3ccc5c(sc6ccccc65)c3-4)cc21. The van der Waals surface area contributed by atoms with Crippen LogP contribution in [0.15, 0.2) is 188 Å². The first-order valence-electron chi connectivity index (χ1n) is 18.9. The lowest BCUT2D eigenvalue weighted by atomic mass is 10.0. The minimum absolute atomic E-state index is 1.17. The predicted octanol–water partition coefficient (Wildman–Crippen LogP) is 9.69. The summed E-state index contributed by atoms with van der Waals surface area (Å²) in [4.78, 5) is 2.50. The third kappa shape index (κ3) is 4.36. The highest BCUT2D eigenvalue weighted by molar-refractivity contribution is 7.28. The fourth-order valence-corrected chi connectivity index (χ4v) is 19.4. The molecule has 2 aliphatic rings. The van der Waals surface area contributed by atoms with Crippen LogP contribution < -0.4 is 36.0 Å². The summed E-state index contributed by atoms with van der Waals surface area (Å²) in [5.41, 5.74) is 9.17. The summed E-state index contributed by atoms with van der Waals surface area (Å²) < 4.78 is 2.74. The third-order valence-corrected chi connectivity index (χ3v) is 21.7. The van der Waals surface area contributed by atoms with E-state index < -0.39 is 16.1 Å². The van der Waals surface area contributed by atoms with Gasteiger partial charge in [0.25, 0.3) is 0 Å². The van der Waals surface area contributed by atoms with Gasteiger partial charge in [-0.2, -0.15) is 0 Å². The predicted molar refractivity (Wildman–Crippen MR) is 239 cm³/mol. The quantitative estimate of drug-likeness (QED) is 0.159. The zero-order chi connectivity index (χ0) is 36.0. The molecule has 0 atom stereocenters. The summed E-state index contributed by atoms with van der Waals surface area (Å²) >= 11 is 1.95. The Kier molecular flexibility index (Phi) is 6.96. The van der Waals surface area contributed by atoms with Crippen molar-refractivity contribution in [2.24, 2.45) is 0 Å². The van der Waals surface area contributed by atoms with Crippen molar-refractivity contribution in [2.75, 3.05) is 4.90 Å². The summed E-state index contributed by atoms with van der Waals surface area (Å²) in [6.45, 7) is 5.02. The van der Waals surface area contributed by atoms with Gasteiger partial charge in [0.15, 0.2) is 8.07 Å². The monoisotopic (exact) mass is 739 g/mol. The molecule has 0 amide bonds. The molecule has 0 bridgehead atoms. The summed E-state index contributed by atoms with van der Waals surface area (Å²) in [5, 5.41) is 11.5. The molecule has 9 aromatic rings. The third-order valence-electron chi connectivity index (χ3n) is 12.1. The Balaban J connectivity index is 1.21. The van der Waals surface area contributed by atoms with Crippen molar-refractivity contribution in [1.29, 1.82) is 0 Å². The fraction of sp³-hybridized carbons (Fsp3) is 0.0400. The van der Waals surface area contributed by atoms with E-state index >= 15 is 0 Å². The van der Waals surface area contributed by atoms with Crippen molar-refractivity contribution in [1.82, 2.24) is 0 Å². The summed E-state index contributed by atoms with van der Waals surface area (Å²) in [6, 6.07) is 71.3. The number of hydrogen-bond donors (Lipinski definition) is 0. The van der Waals surface area contributed by atoms with Gasteiger partial charge in [-0.1, -0.05) is 159 Å². The smallest absolute Gasteiger partial charge is 0.181 e. The average Bonchev–Trinajstić information content (AvgIpc) is 3.83. The van der Waals surface area contributed by atoms with Crippen LogP contribution in [0, 0.1) is 0 Å². The molecule has 0 fully saturated rings. The first-order chi connectivity index (χ1) is 26.5. The molecular formula is C50H37NSSi2. The lowest BCUT2D eigenvalue weighted by Crippen LogP contribution is -2.72. The van der Waals surface area contributed by atoms with Crippen LogP contribution in [0.1, 0.15) is 0 Å². The summed E-state index contributed by atoms with van der Waals surface area (Å²) in [6.07, 6.45) is 0. The van der Waals surface area contributed by atoms with E-state index in [0.717, 1.165) is 0 Å². The molecule has 3 heterocycles. The Morgan fingerprint density at radius 2 is 0.981 bits per heavy atom. The molecule has 256 valence electrons. The van der Waals surface area contributed by atoms with Gasteiger partial charge in [0.2, 0.25) is 0 Å². The average molecular weight is 740 g/mol. The molecule has 0 radical (unpaired) electrons. The molecule has 1 aromatic heterocycles. The van der Waals surface area contributed by atoms with Gasteiger partial charge < -0.3 is 4.90 Å². The van der Waals surface area contributed by atoms with Gasteiger partial charge >= 0.3 is 0 Å². The molecule has 1 nitrogen and oxygen atoms in total. The van der Waals surface area contributed by atoms with Crippen molar-refractivity contribution >= 4 is 95.8 Å². The van der Waals surface area contributed by atoms with Gasteiger partial charge in [0.05, 0.1) is 0 Å². The molecule has 0 spiro atoms. The molecule has 54 heavy (non-hydrogen) atoms. The molecule has 0 N–H and O–H groups in total. The zero-order valence-electron chi connectivity index (χ0n) is 30.3. The molecule has 0 saturated heterocycles. The number of nitrogens with zero attached hydrogens (tertiary/aromatic N) is 1. The molecule has 4 heteroatoms. The van der Waals surface area contributed by atoms with Crippen LogP contribution in [0.25, 0.3) is 42.4 Å². The van der Waals surface area contributed by atoms with Gasteiger partial charge in [-0.25, -0.2) is 0 Å². The highest BCUT2D eigenvalue weighted by Gasteiger charge is 2.50. The van der Waals surface area contributed by atoms with E-state index in [9.17, 15) is 0 Å². The maximum atomic E-state index is 2.57. The van der Waals surface area contributed by atoms with Crippen LogP contribution in [-0.4, -0.2) is 16.1 Å². The lowest BCUT2D eigenvalue weighted by Gasteiger charge is -2.33. The van der Waals surface area contributed by atoms with E-state index in [1.54, 1.807) is 0 Å². The van der Waals surface area contributed by atoms with Crippen molar-refractivity contribution in [3.05, 3.63) is 188 Å². The molecular weight excluding hydrogens is 703 g/mol. The Morgan fingerprint density at radius 1 is 0.407 bits per heavy atom. The van der Waals surface area contributed by atoms with Crippen LogP contribution in [-0.2, 0) is 0 Å². The summed E-state index contributed by atoms with van der Waals surface area (Å²) in [7, 11) is -4.66. The Bertz CT molecular complexity index is 2880. The number of anilines is 3. The molecule has 8 aromatic carbocycles. The number of hydrogen-bond acceptors (Lipinski definition) is 2. The van der Waals surface area contributed by atoms with Crippen molar-refractivity contribution in [2.45, 2.75) is 13.1 Å². The van der Waals surface area contributed by atoms with Crippen molar-refractivity contribution in [3.8, 4) is 22.3 Å². The van der Waals surface area contributed by atoms with Gasteiger partial charge in [0, 0.05) is 37.2 Å². The maximum absolute atomic E-state index is 2.77. The highest BCUT2D eigenvalue weighted by atomic mass is 32.1. The number of benzene rings is 8. The van der Waals surface area contributed by atoms with Gasteiger partial charge in [-0.3, -0.25) is 0 Å². The van der Waals surface area contributed by atoms with Crippen LogP contribution in [0.3, 0.4) is 0 Å². The first-order valence-corrected chi connectivity index (χ1v) is 24.7. The molecule has 0 aliphatic carbocycles. The minimum atomic E-state index is -2.77. The van der Waals surface area contributed by atoms with Crippen LogP contribution in [0.4, 0.5) is 17.1 Å². The van der Waals surface area contributed by atoms with E-state index in [0.29, 0.717) is 0 Å². The first kappa shape index (κ1) is 31.7. The minimum Gasteiger partial charge on any atom is -0.311 e. The van der Waals surface area contributed by atoms with E-state index in [1.807, 2.05) is 11.3 Å². The number of thiophene rings is 1. The molecule has 11 rings (SSSR count). The van der Waals surface area contributed by atoms with Crippen LogP contribution in [0.2, 0.25) is 13.1 Å². The van der Waals surface area contributed by atoms with Crippen molar-refractivity contribution < 1.29 is 0 Å². The van der Waals surface area contributed by atoms with E-state index in [2.05, 4.69) is 206 Å². The largest absolute Gasteiger partial charge is 0.311 e. The second-order valence-corrected chi connectivity index (χ2v) is 24.4. The Morgan fingerprint density at radius 3 is 1.70 bits per heavy atom. The number of para-hydroxylation sites is 1. The normalized spacial score (nSPS) is 14.4. The number of rotatable bonds is 5. The fourth-order valence-electron chi connectivity index (χ4n) is 9.73. The molecule has 0 unspecified atom stereocenters. The molecule has 2 aliphatic heterocycles. The van der Waals surface area contributed by atoms with Gasteiger partial charge in [0.1, 0.15) is 8.07 Å². The Labute approximate surface area is 322 Å². The van der Waals surface area contributed by atoms with Crippen LogP contribution >= 0.6 is 11.3 Å². The highest BCUT2D eigenvalue weighted by Crippen LogP contribution is 2.44. The standard InChI is InChI=1S/C50H37NSSi2/c1-53(2)45-25-15-13-23-40(45)41-28-26-35(32-47(41)53)51(34-16-6-3-7-17-34)36-27-29-43-48(33-36)54(37-18-8-4-9-19-37,38-20-10-5-11-21-38)46-31-30-42-39-22-12-14-24-44(39)52-50(42)49(43)46/h3-33H,1-2H3. The van der Waals surface area contributed by atoms with E-state index in [4.69, 9.17) is 0 Å². The number of fused-ring (bicyclic) bond motifs is 10. The second-order valence-electron chi connectivity index (χ2n) is 15.2. The zero-order valence-corrected chi connectivity index (χ0v) is 33.1. The van der Waals surface area contributed by atoms with Gasteiger partial charge in [-0.15, -0.1) is 11.3 Å².